The Kier molecular flexibility index (Phi) is 5.98. The van der Waals surface area contributed by atoms with E-state index in [4.69, 9.17) is 5.73 Å². The number of carbonyl (C=O) groups excluding carboxylic acids is 2. The highest BCUT2D eigenvalue weighted by Gasteiger charge is 2.29. The van der Waals surface area contributed by atoms with Crippen molar-refractivity contribution in [2.24, 2.45) is 5.73 Å². The number of primary amides is 1. The Balaban J connectivity index is 2.62. The predicted octanol–water partition coefficient (Wildman–Crippen LogP) is -0.830. The lowest BCUT2D eigenvalue weighted by Crippen LogP contribution is -2.59. The number of carbonyl (C=O) groups is 2. The lowest BCUT2D eigenvalue weighted by Gasteiger charge is -2.35. The van der Waals surface area contributed by atoms with Crippen LogP contribution in [0, 0.1) is 0 Å². The van der Waals surface area contributed by atoms with Crippen LogP contribution in [0.15, 0.2) is 12.2 Å². The van der Waals surface area contributed by atoms with Crippen molar-refractivity contribution in [3.63, 3.8) is 0 Å². The number of nitrogens with two attached hydrogens (primary N) is 1. The Morgan fingerprint density at radius 3 is 2.74 bits per heavy atom. The minimum atomic E-state index is -0.402. The van der Waals surface area contributed by atoms with Gasteiger partial charge in [0, 0.05) is 32.7 Å². The molecule has 1 aliphatic heterocycles. The number of nitrogens with zero attached hydrogens (tertiary/aromatic N) is 2. The molecule has 1 aliphatic rings. The van der Waals surface area contributed by atoms with Gasteiger partial charge in [-0.2, -0.15) is 0 Å². The van der Waals surface area contributed by atoms with Gasteiger partial charge in [0.05, 0.1) is 6.54 Å². The average Bonchev–Trinajstić information content (AvgIpc) is 2.35. The van der Waals surface area contributed by atoms with Crippen molar-refractivity contribution in [3.05, 3.63) is 12.2 Å². The van der Waals surface area contributed by atoms with Gasteiger partial charge in [0.25, 0.3) is 0 Å². The van der Waals surface area contributed by atoms with Crippen LogP contribution in [-0.4, -0.2) is 66.9 Å². The van der Waals surface area contributed by atoms with Gasteiger partial charge in [-0.15, -0.1) is 0 Å². The van der Waals surface area contributed by atoms with E-state index in [1.165, 1.54) is 0 Å². The molecule has 0 radical (unpaired) electrons. The molecule has 19 heavy (non-hydrogen) atoms. The molecule has 6 heteroatoms. The Bertz CT molecular complexity index is 357. The van der Waals surface area contributed by atoms with E-state index in [1.54, 1.807) is 4.90 Å². The van der Waals surface area contributed by atoms with E-state index in [2.05, 4.69) is 11.9 Å². The molecule has 1 rings (SSSR count). The van der Waals surface area contributed by atoms with Crippen molar-refractivity contribution in [2.75, 3.05) is 39.3 Å². The highest BCUT2D eigenvalue weighted by atomic mass is 16.2. The van der Waals surface area contributed by atoms with Gasteiger partial charge in [-0.1, -0.05) is 12.2 Å². The van der Waals surface area contributed by atoms with Crippen LogP contribution >= 0.6 is 0 Å². The molecule has 1 unspecified atom stereocenters. The number of hydrogen-bond donors (Lipinski definition) is 2. The first kappa shape index (κ1) is 15.7. The second-order valence-corrected chi connectivity index (χ2v) is 4.96. The van der Waals surface area contributed by atoms with Crippen molar-refractivity contribution >= 4 is 11.8 Å². The first-order valence-corrected chi connectivity index (χ1v) is 6.62. The highest BCUT2D eigenvalue weighted by molar-refractivity contribution is 5.83. The van der Waals surface area contributed by atoms with E-state index in [0.29, 0.717) is 26.2 Å². The number of nitrogens with one attached hydrogen (secondary N) is 1. The number of rotatable bonds is 6. The summed E-state index contributed by atoms with van der Waals surface area (Å²) >= 11 is 0. The minimum absolute atomic E-state index is 0.0126. The minimum Gasteiger partial charge on any atom is -0.368 e. The second kappa shape index (κ2) is 7.25. The smallest absolute Gasteiger partial charge is 0.237 e. The van der Waals surface area contributed by atoms with Crippen LogP contribution in [0.25, 0.3) is 0 Å². The van der Waals surface area contributed by atoms with Gasteiger partial charge in [0.2, 0.25) is 11.8 Å². The summed E-state index contributed by atoms with van der Waals surface area (Å²) in [4.78, 5) is 27.2. The number of piperazine rings is 1. The first-order valence-electron chi connectivity index (χ1n) is 6.62. The number of likely N-dealkylation sites (N-methyl/N-ethyl adjacent to an activating group) is 1. The highest BCUT2D eigenvalue weighted by Crippen LogP contribution is 2.05. The maximum absolute atomic E-state index is 12.2. The molecule has 0 aromatic heterocycles. The zero-order valence-electron chi connectivity index (χ0n) is 11.8. The van der Waals surface area contributed by atoms with E-state index in [0.717, 1.165) is 12.1 Å². The molecule has 2 amide bonds. The standard InChI is InChI=1S/C13H24N4O2/c1-4-16(8-10(2)3)12(18)9-17-6-5-15-7-11(17)13(14)19/h11,15H,2,4-9H2,1,3H3,(H2,14,19). The molecule has 6 nitrogen and oxygen atoms in total. The fourth-order valence-corrected chi connectivity index (χ4v) is 2.19. The molecule has 0 aromatic rings. The maximum Gasteiger partial charge on any atom is 0.237 e. The molecule has 0 bridgehead atoms. The zero-order chi connectivity index (χ0) is 14.4. The summed E-state index contributed by atoms with van der Waals surface area (Å²) in [5.41, 5.74) is 6.31. The molecule has 1 fully saturated rings. The zero-order valence-corrected chi connectivity index (χ0v) is 11.8. The van der Waals surface area contributed by atoms with Gasteiger partial charge in [-0.05, 0) is 13.8 Å². The molecule has 1 heterocycles. The van der Waals surface area contributed by atoms with Crippen molar-refractivity contribution in [3.8, 4) is 0 Å². The van der Waals surface area contributed by atoms with E-state index in [1.807, 2.05) is 18.7 Å². The van der Waals surface area contributed by atoms with Crippen molar-refractivity contribution < 1.29 is 9.59 Å². The van der Waals surface area contributed by atoms with Crippen LogP contribution in [0.4, 0.5) is 0 Å². The number of hydrogen-bond acceptors (Lipinski definition) is 4. The molecule has 1 saturated heterocycles. The fourth-order valence-electron chi connectivity index (χ4n) is 2.19. The lowest BCUT2D eigenvalue weighted by molar-refractivity contribution is -0.134. The van der Waals surface area contributed by atoms with Crippen LogP contribution < -0.4 is 11.1 Å². The Morgan fingerprint density at radius 1 is 1.53 bits per heavy atom. The van der Waals surface area contributed by atoms with E-state index in [9.17, 15) is 9.59 Å². The SMILES string of the molecule is C=C(C)CN(CC)C(=O)CN1CCNCC1C(N)=O. The molecule has 108 valence electrons. The van der Waals surface area contributed by atoms with Crippen molar-refractivity contribution in [1.29, 1.82) is 0 Å². The van der Waals surface area contributed by atoms with Crippen molar-refractivity contribution in [2.45, 2.75) is 19.9 Å². The molecule has 0 aromatic carbocycles. The fraction of sp³-hybridized carbons (Fsp3) is 0.692. The third-order valence-corrected chi connectivity index (χ3v) is 3.22. The van der Waals surface area contributed by atoms with Crippen LogP contribution in [0.5, 0.6) is 0 Å². The van der Waals surface area contributed by atoms with Gasteiger partial charge in [0.15, 0.2) is 0 Å². The summed E-state index contributed by atoms with van der Waals surface area (Å²) in [5.74, 6) is -0.374. The van der Waals surface area contributed by atoms with Crippen molar-refractivity contribution in [1.82, 2.24) is 15.1 Å². The molecule has 0 aliphatic carbocycles. The lowest BCUT2D eigenvalue weighted by atomic mass is 10.1. The Hall–Kier alpha value is -1.40. The molecule has 3 N–H and O–H groups in total. The summed E-state index contributed by atoms with van der Waals surface area (Å²) in [5, 5.41) is 3.11. The average molecular weight is 268 g/mol. The quantitative estimate of drug-likeness (QED) is 0.616. The second-order valence-electron chi connectivity index (χ2n) is 4.96. The Labute approximate surface area is 114 Å². The Morgan fingerprint density at radius 2 is 2.21 bits per heavy atom. The molecular weight excluding hydrogens is 244 g/mol. The van der Waals surface area contributed by atoms with Gasteiger partial charge < -0.3 is 16.0 Å². The topological polar surface area (TPSA) is 78.7 Å². The van der Waals surface area contributed by atoms with E-state index < -0.39 is 6.04 Å². The first-order chi connectivity index (χ1) is 8.95. The molecule has 1 atom stereocenters. The van der Waals surface area contributed by atoms with Gasteiger partial charge in [-0.25, -0.2) is 0 Å². The molecule has 0 saturated carbocycles. The summed E-state index contributed by atoms with van der Waals surface area (Å²) < 4.78 is 0. The van der Waals surface area contributed by atoms with Crippen LogP contribution in [0.3, 0.4) is 0 Å². The molecule has 0 spiro atoms. The molecular formula is C13H24N4O2. The van der Waals surface area contributed by atoms with Gasteiger partial charge >= 0.3 is 0 Å². The van der Waals surface area contributed by atoms with Crippen LogP contribution in [0.1, 0.15) is 13.8 Å². The largest absolute Gasteiger partial charge is 0.368 e. The third kappa shape index (κ3) is 4.65. The summed E-state index contributed by atoms with van der Waals surface area (Å²) in [6.07, 6.45) is 0. The summed E-state index contributed by atoms with van der Waals surface area (Å²) in [7, 11) is 0. The van der Waals surface area contributed by atoms with Gasteiger partial charge in [0.1, 0.15) is 6.04 Å². The number of amides is 2. The van der Waals surface area contributed by atoms with Crippen LogP contribution in [-0.2, 0) is 9.59 Å². The van der Waals surface area contributed by atoms with Gasteiger partial charge in [-0.3, -0.25) is 14.5 Å². The summed E-state index contributed by atoms with van der Waals surface area (Å²) in [6.45, 7) is 11.0. The van der Waals surface area contributed by atoms with E-state index >= 15 is 0 Å². The van der Waals surface area contributed by atoms with E-state index in [-0.39, 0.29) is 18.4 Å². The van der Waals surface area contributed by atoms with Crippen LogP contribution in [0.2, 0.25) is 0 Å². The third-order valence-electron chi connectivity index (χ3n) is 3.22. The predicted molar refractivity (Wildman–Crippen MR) is 74.5 cm³/mol. The normalized spacial score (nSPS) is 20.0. The monoisotopic (exact) mass is 268 g/mol. The maximum atomic E-state index is 12.2. The summed E-state index contributed by atoms with van der Waals surface area (Å²) in [6, 6.07) is -0.402.